The van der Waals surface area contributed by atoms with Crippen molar-refractivity contribution in [2.75, 3.05) is 32.0 Å². The topological polar surface area (TPSA) is 99.0 Å². The van der Waals surface area contributed by atoms with Crippen LogP contribution in [0.3, 0.4) is 0 Å². The summed E-state index contributed by atoms with van der Waals surface area (Å²) < 4.78 is 21.8. The molecule has 9 heteroatoms. The van der Waals surface area contributed by atoms with Crippen LogP contribution in [-0.2, 0) is 4.79 Å². The molecule has 4 rings (SSSR count). The number of anilines is 2. The minimum absolute atomic E-state index is 0.0364. The van der Waals surface area contributed by atoms with Crippen molar-refractivity contribution in [1.82, 2.24) is 0 Å². The molecule has 1 heterocycles. The Labute approximate surface area is 212 Å². The lowest BCUT2D eigenvalue weighted by molar-refractivity contribution is -0.111. The molecule has 0 saturated carbocycles. The fraction of sp³-hybridized carbons (Fsp3) is 0.111. The Morgan fingerprint density at radius 1 is 0.889 bits per heavy atom. The third-order valence-corrected chi connectivity index (χ3v) is 5.48. The Morgan fingerprint density at radius 3 is 2.28 bits per heavy atom. The summed E-state index contributed by atoms with van der Waals surface area (Å²) in [6.45, 7) is 0. The van der Waals surface area contributed by atoms with E-state index in [4.69, 9.17) is 30.2 Å². The van der Waals surface area contributed by atoms with E-state index in [0.717, 1.165) is 0 Å². The maximum absolute atomic E-state index is 13.0. The number of halogens is 1. The van der Waals surface area contributed by atoms with Crippen LogP contribution in [0.2, 0.25) is 5.02 Å². The molecule has 0 saturated heterocycles. The molecule has 0 atom stereocenters. The smallest absolute Gasteiger partial charge is 0.293 e. The van der Waals surface area contributed by atoms with E-state index in [1.165, 1.54) is 27.4 Å². The van der Waals surface area contributed by atoms with Gasteiger partial charge in [-0.1, -0.05) is 29.8 Å². The molecule has 3 aromatic carbocycles. The molecule has 0 radical (unpaired) electrons. The third-order valence-electron chi connectivity index (χ3n) is 5.25. The molecule has 184 valence electrons. The van der Waals surface area contributed by atoms with Crippen LogP contribution in [0.1, 0.15) is 16.1 Å². The van der Waals surface area contributed by atoms with Gasteiger partial charge in [-0.15, -0.1) is 0 Å². The number of hydrogen-bond donors (Lipinski definition) is 2. The van der Waals surface area contributed by atoms with Gasteiger partial charge >= 0.3 is 0 Å². The van der Waals surface area contributed by atoms with E-state index in [2.05, 4.69) is 10.6 Å². The Bertz CT molecular complexity index is 1430. The van der Waals surface area contributed by atoms with Gasteiger partial charge in [0.25, 0.3) is 5.91 Å². The highest BCUT2D eigenvalue weighted by Gasteiger charge is 2.22. The van der Waals surface area contributed by atoms with Crippen LogP contribution in [0.4, 0.5) is 11.4 Å². The molecule has 0 bridgehead atoms. The molecule has 4 aromatic rings. The maximum Gasteiger partial charge on any atom is 0.293 e. The van der Waals surface area contributed by atoms with Crippen molar-refractivity contribution in [1.29, 1.82) is 0 Å². The van der Waals surface area contributed by atoms with Gasteiger partial charge in [0.2, 0.25) is 17.4 Å². The van der Waals surface area contributed by atoms with E-state index in [0.29, 0.717) is 44.5 Å². The standard InChI is InChI=1S/C27H23ClN2O6/c1-33-21-13-16(14-22(34-2)25(21)35-3)11-12-23(31)30-24-19-9-4-5-10-20(19)36-26(24)27(32)29-18-8-6-7-17(28)15-18/h4-15H,1-3H3,(H,29,32)(H,30,31)/b12-11+. The molecular formula is C27H23ClN2O6. The summed E-state index contributed by atoms with van der Waals surface area (Å²) in [7, 11) is 4.54. The van der Waals surface area contributed by atoms with Gasteiger partial charge in [0, 0.05) is 22.2 Å². The SMILES string of the molecule is COc1cc(/C=C/C(=O)Nc2c(C(=O)Nc3cccc(Cl)c3)oc3ccccc23)cc(OC)c1OC. The highest BCUT2D eigenvalue weighted by atomic mass is 35.5. The summed E-state index contributed by atoms with van der Waals surface area (Å²) in [6.07, 6.45) is 2.93. The van der Waals surface area contributed by atoms with Crippen molar-refractivity contribution in [3.63, 3.8) is 0 Å². The summed E-state index contributed by atoms with van der Waals surface area (Å²) in [4.78, 5) is 25.9. The number of carbonyl (C=O) groups is 2. The summed E-state index contributed by atoms with van der Waals surface area (Å²) in [5.74, 6) is 0.326. The molecule has 2 N–H and O–H groups in total. The van der Waals surface area contributed by atoms with E-state index >= 15 is 0 Å². The van der Waals surface area contributed by atoms with Crippen molar-refractivity contribution < 1.29 is 28.2 Å². The lowest BCUT2D eigenvalue weighted by atomic mass is 10.1. The highest BCUT2D eigenvalue weighted by molar-refractivity contribution is 6.31. The van der Waals surface area contributed by atoms with Gasteiger partial charge in [0.15, 0.2) is 11.5 Å². The Kier molecular flexibility index (Phi) is 7.46. The number of nitrogens with one attached hydrogen (secondary N) is 2. The first-order chi connectivity index (χ1) is 17.4. The van der Waals surface area contributed by atoms with Gasteiger partial charge in [-0.2, -0.15) is 0 Å². The average molecular weight is 507 g/mol. The van der Waals surface area contributed by atoms with Crippen LogP contribution in [0.25, 0.3) is 17.0 Å². The minimum Gasteiger partial charge on any atom is -0.493 e. The zero-order valence-electron chi connectivity index (χ0n) is 19.8. The lowest BCUT2D eigenvalue weighted by Gasteiger charge is -2.12. The predicted molar refractivity (Wildman–Crippen MR) is 139 cm³/mol. The van der Waals surface area contributed by atoms with Crippen molar-refractivity contribution >= 4 is 51.8 Å². The number of carbonyl (C=O) groups excluding carboxylic acids is 2. The molecule has 0 aliphatic heterocycles. The van der Waals surface area contributed by atoms with E-state index in [1.807, 2.05) is 0 Å². The predicted octanol–water partition coefficient (Wildman–Crippen LogP) is 6.02. The Balaban J connectivity index is 1.61. The van der Waals surface area contributed by atoms with E-state index in [-0.39, 0.29) is 11.4 Å². The first kappa shape index (κ1) is 24.7. The number of hydrogen-bond acceptors (Lipinski definition) is 6. The first-order valence-electron chi connectivity index (χ1n) is 10.8. The number of ether oxygens (including phenoxy) is 3. The first-order valence-corrected chi connectivity index (χ1v) is 11.2. The van der Waals surface area contributed by atoms with Crippen molar-refractivity contribution in [2.24, 2.45) is 0 Å². The summed E-state index contributed by atoms with van der Waals surface area (Å²) in [5.41, 5.74) is 1.85. The number of fused-ring (bicyclic) bond motifs is 1. The lowest BCUT2D eigenvalue weighted by Crippen LogP contribution is -2.15. The van der Waals surface area contributed by atoms with Crippen molar-refractivity contribution in [3.8, 4) is 17.2 Å². The second-order valence-electron chi connectivity index (χ2n) is 7.55. The second kappa shape index (κ2) is 10.9. The number of para-hydroxylation sites is 1. The van der Waals surface area contributed by atoms with Crippen LogP contribution < -0.4 is 24.8 Å². The second-order valence-corrected chi connectivity index (χ2v) is 7.98. The number of furan rings is 1. The normalized spacial score (nSPS) is 10.9. The fourth-order valence-corrected chi connectivity index (χ4v) is 3.81. The van der Waals surface area contributed by atoms with Crippen LogP contribution in [0.5, 0.6) is 17.2 Å². The molecular weight excluding hydrogens is 484 g/mol. The molecule has 8 nitrogen and oxygen atoms in total. The summed E-state index contributed by atoms with van der Waals surface area (Å²) in [6, 6.07) is 17.2. The van der Waals surface area contributed by atoms with Crippen LogP contribution in [0.15, 0.2) is 71.2 Å². The van der Waals surface area contributed by atoms with Crippen LogP contribution in [-0.4, -0.2) is 33.1 Å². The maximum atomic E-state index is 13.0. The molecule has 0 aliphatic rings. The number of methoxy groups -OCH3 is 3. The van der Waals surface area contributed by atoms with E-state index in [1.54, 1.807) is 66.7 Å². The van der Waals surface area contributed by atoms with Crippen molar-refractivity contribution in [3.05, 3.63) is 83.1 Å². The highest BCUT2D eigenvalue weighted by Crippen LogP contribution is 2.38. The summed E-state index contributed by atoms with van der Waals surface area (Å²) >= 11 is 6.02. The minimum atomic E-state index is -0.530. The van der Waals surface area contributed by atoms with E-state index in [9.17, 15) is 9.59 Å². The molecule has 36 heavy (non-hydrogen) atoms. The van der Waals surface area contributed by atoms with Gasteiger partial charge in [0.1, 0.15) is 11.3 Å². The Morgan fingerprint density at radius 2 is 1.61 bits per heavy atom. The number of benzene rings is 3. The molecule has 0 fully saturated rings. The van der Waals surface area contributed by atoms with Gasteiger partial charge in [-0.25, -0.2) is 0 Å². The largest absolute Gasteiger partial charge is 0.493 e. The average Bonchev–Trinajstić information content (AvgIpc) is 3.25. The van der Waals surface area contributed by atoms with Gasteiger partial charge < -0.3 is 29.3 Å². The van der Waals surface area contributed by atoms with E-state index < -0.39 is 11.8 Å². The zero-order valence-corrected chi connectivity index (χ0v) is 20.5. The molecule has 0 spiro atoms. The van der Waals surface area contributed by atoms with Crippen molar-refractivity contribution in [2.45, 2.75) is 0 Å². The molecule has 1 aromatic heterocycles. The van der Waals surface area contributed by atoms with Crippen LogP contribution in [0, 0.1) is 0 Å². The molecule has 2 amide bonds. The molecule has 0 aliphatic carbocycles. The fourth-order valence-electron chi connectivity index (χ4n) is 3.62. The monoisotopic (exact) mass is 506 g/mol. The van der Waals surface area contributed by atoms with Gasteiger partial charge in [-0.3, -0.25) is 9.59 Å². The van der Waals surface area contributed by atoms with Gasteiger partial charge in [0.05, 0.1) is 21.3 Å². The third kappa shape index (κ3) is 5.29. The van der Waals surface area contributed by atoms with Crippen LogP contribution >= 0.6 is 11.6 Å². The number of amides is 2. The zero-order chi connectivity index (χ0) is 25.7. The Hall–Kier alpha value is -4.43. The number of rotatable bonds is 8. The summed E-state index contributed by atoms with van der Waals surface area (Å²) in [5, 5.41) is 6.57. The molecule has 0 unspecified atom stereocenters. The van der Waals surface area contributed by atoms with Gasteiger partial charge in [-0.05, 0) is 54.1 Å². The quantitative estimate of drug-likeness (QED) is 0.284.